The van der Waals surface area contributed by atoms with Crippen LogP contribution >= 0.6 is 0 Å². The van der Waals surface area contributed by atoms with E-state index in [2.05, 4.69) is 4.98 Å². The van der Waals surface area contributed by atoms with Gasteiger partial charge in [-0.2, -0.15) is 5.26 Å². The second-order valence-corrected chi connectivity index (χ2v) is 2.95. The predicted octanol–water partition coefficient (Wildman–Crippen LogP) is 1.67. The maximum Gasteiger partial charge on any atom is 0.278 e. The standard InChI is InChI=1S/C9H9N3O2/c1-6-5-11-8(3-4-10)7(2)9(6)12(13)14/h5H,3H2,1-2H3. The zero-order valence-electron chi connectivity index (χ0n) is 7.94. The van der Waals surface area contributed by atoms with E-state index in [0.717, 1.165) is 0 Å². The van der Waals surface area contributed by atoms with E-state index in [1.54, 1.807) is 13.8 Å². The van der Waals surface area contributed by atoms with Crippen molar-refractivity contribution in [3.8, 4) is 6.07 Å². The van der Waals surface area contributed by atoms with Gasteiger partial charge in [0.2, 0.25) is 0 Å². The lowest BCUT2D eigenvalue weighted by molar-refractivity contribution is -0.386. The quantitative estimate of drug-likeness (QED) is 0.526. The van der Waals surface area contributed by atoms with Crippen LogP contribution in [0.2, 0.25) is 0 Å². The minimum Gasteiger partial charge on any atom is -0.259 e. The fraction of sp³-hybridized carbons (Fsp3) is 0.333. The Labute approximate surface area is 81.2 Å². The van der Waals surface area contributed by atoms with Crippen molar-refractivity contribution in [2.45, 2.75) is 20.3 Å². The highest BCUT2D eigenvalue weighted by Crippen LogP contribution is 2.23. The molecule has 0 aromatic carbocycles. The molecule has 0 fully saturated rings. The van der Waals surface area contributed by atoms with Gasteiger partial charge in [0.1, 0.15) is 0 Å². The Morgan fingerprint density at radius 3 is 2.79 bits per heavy atom. The zero-order valence-corrected chi connectivity index (χ0v) is 7.94. The van der Waals surface area contributed by atoms with Crippen LogP contribution in [0.1, 0.15) is 16.8 Å². The molecule has 1 heterocycles. The number of rotatable bonds is 2. The Balaban J connectivity index is 3.35. The highest BCUT2D eigenvalue weighted by atomic mass is 16.6. The number of nitro groups is 1. The Hall–Kier alpha value is -1.96. The smallest absolute Gasteiger partial charge is 0.259 e. The summed E-state index contributed by atoms with van der Waals surface area (Å²) in [5.74, 6) is 0. The number of hydrogen-bond donors (Lipinski definition) is 0. The molecule has 5 nitrogen and oxygen atoms in total. The Kier molecular flexibility index (Phi) is 2.77. The molecule has 0 aliphatic heterocycles. The summed E-state index contributed by atoms with van der Waals surface area (Å²) in [5, 5.41) is 19.2. The number of nitriles is 1. The van der Waals surface area contributed by atoms with Gasteiger partial charge in [0.15, 0.2) is 0 Å². The molecule has 1 aromatic heterocycles. The van der Waals surface area contributed by atoms with E-state index >= 15 is 0 Å². The summed E-state index contributed by atoms with van der Waals surface area (Å²) in [7, 11) is 0. The number of aromatic nitrogens is 1. The lowest BCUT2D eigenvalue weighted by Gasteiger charge is -2.03. The first-order valence-electron chi connectivity index (χ1n) is 4.04. The molecule has 0 radical (unpaired) electrons. The first-order valence-corrected chi connectivity index (χ1v) is 4.04. The van der Waals surface area contributed by atoms with Crippen LogP contribution < -0.4 is 0 Å². The predicted molar refractivity (Wildman–Crippen MR) is 49.7 cm³/mol. The van der Waals surface area contributed by atoms with Gasteiger partial charge in [-0.15, -0.1) is 0 Å². The van der Waals surface area contributed by atoms with Crippen LogP contribution in [0.3, 0.4) is 0 Å². The number of pyridine rings is 1. The van der Waals surface area contributed by atoms with Gasteiger partial charge in [-0.3, -0.25) is 15.1 Å². The Morgan fingerprint density at radius 2 is 2.29 bits per heavy atom. The average molecular weight is 191 g/mol. The van der Waals surface area contributed by atoms with Crippen molar-refractivity contribution in [2.75, 3.05) is 0 Å². The van der Waals surface area contributed by atoms with Crippen molar-refractivity contribution in [1.82, 2.24) is 4.98 Å². The molecule has 0 aliphatic rings. The van der Waals surface area contributed by atoms with Crippen molar-refractivity contribution < 1.29 is 4.92 Å². The fourth-order valence-electron chi connectivity index (χ4n) is 1.30. The van der Waals surface area contributed by atoms with Gasteiger partial charge >= 0.3 is 0 Å². The van der Waals surface area contributed by atoms with Crippen molar-refractivity contribution in [3.05, 3.63) is 33.1 Å². The van der Waals surface area contributed by atoms with Gasteiger partial charge in [0.05, 0.1) is 23.1 Å². The van der Waals surface area contributed by atoms with Crippen LogP contribution in [0.5, 0.6) is 0 Å². The highest BCUT2D eigenvalue weighted by Gasteiger charge is 2.17. The van der Waals surface area contributed by atoms with Gasteiger partial charge in [-0.05, 0) is 13.8 Å². The summed E-state index contributed by atoms with van der Waals surface area (Å²) in [5.41, 5.74) is 1.54. The van der Waals surface area contributed by atoms with E-state index in [0.29, 0.717) is 16.8 Å². The first-order chi connectivity index (χ1) is 6.57. The third kappa shape index (κ3) is 1.69. The zero-order chi connectivity index (χ0) is 10.7. The van der Waals surface area contributed by atoms with Crippen molar-refractivity contribution in [3.63, 3.8) is 0 Å². The van der Waals surface area contributed by atoms with Crippen LogP contribution in [-0.4, -0.2) is 9.91 Å². The van der Waals surface area contributed by atoms with Crippen molar-refractivity contribution >= 4 is 5.69 Å². The molecule has 0 atom stereocenters. The van der Waals surface area contributed by atoms with Crippen molar-refractivity contribution in [2.24, 2.45) is 0 Å². The van der Waals surface area contributed by atoms with E-state index in [4.69, 9.17) is 5.26 Å². The summed E-state index contributed by atoms with van der Waals surface area (Å²) >= 11 is 0. The molecule has 0 saturated carbocycles. The average Bonchev–Trinajstić information content (AvgIpc) is 2.10. The second-order valence-electron chi connectivity index (χ2n) is 2.95. The van der Waals surface area contributed by atoms with Gasteiger partial charge in [-0.25, -0.2) is 0 Å². The molecule has 0 spiro atoms. The second kappa shape index (κ2) is 3.83. The van der Waals surface area contributed by atoms with E-state index < -0.39 is 4.92 Å². The molecule has 0 N–H and O–H groups in total. The molecule has 0 saturated heterocycles. The molecule has 1 rings (SSSR count). The maximum absolute atomic E-state index is 10.7. The highest BCUT2D eigenvalue weighted by molar-refractivity contribution is 5.47. The summed E-state index contributed by atoms with van der Waals surface area (Å²) in [6.45, 7) is 3.25. The van der Waals surface area contributed by atoms with Crippen LogP contribution in [0.15, 0.2) is 6.20 Å². The number of aryl methyl sites for hydroxylation is 1. The SMILES string of the molecule is Cc1cnc(CC#N)c(C)c1[N+](=O)[O-]. The normalized spacial score (nSPS) is 9.50. The van der Waals surface area contributed by atoms with E-state index in [1.807, 2.05) is 6.07 Å². The lowest BCUT2D eigenvalue weighted by Crippen LogP contribution is -2.01. The third-order valence-electron chi connectivity index (χ3n) is 2.00. The Bertz CT molecular complexity index is 421. The summed E-state index contributed by atoms with van der Waals surface area (Å²) in [4.78, 5) is 14.2. The summed E-state index contributed by atoms with van der Waals surface area (Å²) < 4.78 is 0. The lowest BCUT2D eigenvalue weighted by atomic mass is 10.1. The molecule has 72 valence electrons. The van der Waals surface area contributed by atoms with Gasteiger partial charge in [-0.1, -0.05) is 0 Å². The largest absolute Gasteiger partial charge is 0.278 e. The molecule has 0 bridgehead atoms. The molecule has 0 aliphatic carbocycles. The Morgan fingerprint density at radius 1 is 1.64 bits per heavy atom. The van der Waals surface area contributed by atoms with Gasteiger partial charge < -0.3 is 0 Å². The monoisotopic (exact) mass is 191 g/mol. The number of hydrogen-bond acceptors (Lipinski definition) is 4. The van der Waals surface area contributed by atoms with E-state index in [1.165, 1.54) is 6.20 Å². The van der Waals surface area contributed by atoms with Crippen LogP contribution in [0, 0.1) is 35.3 Å². The van der Waals surface area contributed by atoms with Crippen LogP contribution in [-0.2, 0) is 6.42 Å². The molecule has 0 amide bonds. The minimum absolute atomic E-state index is 0.0604. The number of nitrogens with zero attached hydrogens (tertiary/aromatic N) is 3. The summed E-state index contributed by atoms with van der Waals surface area (Å²) in [6.07, 6.45) is 1.53. The minimum atomic E-state index is -0.437. The maximum atomic E-state index is 10.7. The van der Waals surface area contributed by atoms with Crippen LogP contribution in [0.4, 0.5) is 5.69 Å². The first kappa shape index (κ1) is 10.1. The van der Waals surface area contributed by atoms with E-state index in [9.17, 15) is 10.1 Å². The van der Waals surface area contributed by atoms with Crippen LogP contribution in [0.25, 0.3) is 0 Å². The van der Waals surface area contributed by atoms with E-state index in [-0.39, 0.29) is 12.1 Å². The molecule has 0 unspecified atom stereocenters. The third-order valence-corrected chi connectivity index (χ3v) is 2.00. The fourth-order valence-corrected chi connectivity index (χ4v) is 1.30. The molecule has 5 heteroatoms. The van der Waals surface area contributed by atoms with Crippen molar-refractivity contribution in [1.29, 1.82) is 5.26 Å². The summed E-state index contributed by atoms with van der Waals surface area (Å²) in [6, 6.07) is 1.93. The molecular weight excluding hydrogens is 182 g/mol. The molecular formula is C9H9N3O2. The van der Waals surface area contributed by atoms with Gasteiger partial charge in [0.25, 0.3) is 5.69 Å². The molecule has 1 aromatic rings. The topological polar surface area (TPSA) is 79.8 Å². The molecule has 14 heavy (non-hydrogen) atoms. The van der Waals surface area contributed by atoms with Gasteiger partial charge in [0, 0.05) is 17.3 Å².